The van der Waals surface area contributed by atoms with Crippen LogP contribution in [0.3, 0.4) is 0 Å². The normalized spacial score (nSPS) is 10.6. The number of hydrogen-bond donors (Lipinski definition) is 1. The van der Waals surface area contributed by atoms with E-state index >= 15 is 0 Å². The highest BCUT2D eigenvalue weighted by Crippen LogP contribution is 2.29. The van der Waals surface area contributed by atoms with Gasteiger partial charge in [0.05, 0.1) is 43.9 Å². The lowest BCUT2D eigenvalue weighted by Crippen LogP contribution is -2.19. The number of amides is 1. The SMILES string of the molecule is CCOc1cc(/C=N\NC(=O)Cc2ccc(OC)c(OC)c2)ccc1OC(=O)c1ccc([N+](=O)[O-])cc1. The number of methoxy groups -OCH3 is 2. The molecule has 0 unspecified atom stereocenters. The van der Waals surface area contributed by atoms with Gasteiger partial charge in [0.1, 0.15) is 0 Å². The molecule has 192 valence electrons. The van der Waals surface area contributed by atoms with Gasteiger partial charge in [-0.2, -0.15) is 5.10 Å². The molecule has 3 aromatic rings. The molecule has 11 nitrogen and oxygen atoms in total. The molecule has 0 aromatic heterocycles. The fourth-order valence-corrected chi connectivity index (χ4v) is 3.23. The molecule has 0 heterocycles. The molecule has 0 fully saturated rings. The molecule has 1 N–H and O–H groups in total. The van der Waals surface area contributed by atoms with Gasteiger partial charge in [-0.3, -0.25) is 14.9 Å². The predicted octanol–water partition coefficient (Wildman–Crippen LogP) is 3.92. The Balaban J connectivity index is 1.64. The van der Waals surface area contributed by atoms with E-state index < -0.39 is 10.9 Å². The molecule has 1 amide bonds. The lowest BCUT2D eigenvalue weighted by molar-refractivity contribution is -0.384. The molecule has 0 bridgehead atoms. The zero-order valence-corrected chi connectivity index (χ0v) is 20.4. The minimum atomic E-state index is -0.695. The van der Waals surface area contributed by atoms with Gasteiger partial charge in [0.2, 0.25) is 5.91 Å². The Bertz CT molecular complexity index is 1310. The molecule has 11 heteroatoms. The molecule has 0 saturated carbocycles. The van der Waals surface area contributed by atoms with Gasteiger partial charge in [0.15, 0.2) is 23.0 Å². The molecule has 0 saturated heterocycles. The van der Waals surface area contributed by atoms with Crippen LogP contribution in [-0.4, -0.2) is 43.8 Å². The van der Waals surface area contributed by atoms with E-state index in [4.69, 9.17) is 18.9 Å². The molecule has 0 aliphatic carbocycles. The number of nitrogens with zero attached hydrogens (tertiary/aromatic N) is 2. The summed E-state index contributed by atoms with van der Waals surface area (Å²) >= 11 is 0. The quantitative estimate of drug-likeness (QED) is 0.135. The fourth-order valence-electron chi connectivity index (χ4n) is 3.23. The highest BCUT2D eigenvalue weighted by atomic mass is 16.6. The second-order valence-corrected chi connectivity index (χ2v) is 7.49. The summed E-state index contributed by atoms with van der Waals surface area (Å²) in [6, 6.07) is 15.0. The van der Waals surface area contributed by atoms with Crippen LogP contribution in [-0.2, 0) is 11.2 Å². The Hall–Kier alpha value is -4.93. The average Bonchev–Trinajstić information content (AvgIpc) is 2.90. The summed E-state index contributed by atoms with van der Waals surface area (Å²) in [5.74, 6) is 0.519. The highest BCUT2D eigenvalue weighted by molar-refractivity contribution is 5.92. The number of nitrogens with one attached hydrogen (secondary N) is 1. The van der Waals surface area contributed by atoms with Crippen LogP contribution in [0.15, 0.2) is 65.8 Å². The third kappa shape index (κ3) is 7.28. The van der Waals surface area contributed by atoms with Gasteiger partial charge in [-0.1, -0.05) is 6.07 Å². The molecular formula is C26H25N3O8. The van der Waals surface area contributed by atoms with E-state index in [0.717, 1.165) is 5.56 Å². The van der Waals surface area contributed by atoms with Crippen LogP contribution in [0.5, 0.6) is 23.0 Å². The summed E-state index contributed by atoms with van der Waals surface area (Å²) in [7, 11) is 3.05. The van der Waals surface area contributed by atoms with E-state index in [9.17, 15) is 19.7 Å². The third-order valence-electron chi connectivity index (χ3n) is 5.00. The smallest absolute Gasteiger partial charge is 0.343 e. The lowest BCUT2D eigenvalue weighted by atomic mass is 10.1. The second-order valence-electron chi connectivity index (χ2n) is 7.49. The van der Waals surface area contributed by atoms with Gasteiger partial charge >= 0.3 is 5.97 Å². The van der Waals surface area contributed by atoms with Crippen LogP contribution >= 0.6 is 0 Å². The van der Waals surface area contributed by atoms with Gasteiger partial charge in [-0.05, 0) is 60.5 Å². The first-order chi connectivity index (χ1) is 17.8. The van der Waals surface area contributed by atoms with Gasteiger partial charge in [0, 0.05) is 12.1 Å². The van der Waals surface area contributed by atoms with Crippen LogP contribution in [0.1, 0.15) is 28.4 Å². The Morgan fingerprint density at radius 2 is 1.65 bits per heavy atom. The third-order valence-corrected chi connectivity index (χ3v) is 5.00. The Kier molecular flexibility index (Phi) is 9.14. The maximum absolute atomic E-state index is 12.5. The second kappa shape index (κ2) is 12.7. The molecule has 0 aliphatic rings. The van der Waals surface area contributed by atoms with E-state index in [2.05, 4.69) is 10.5 Å². The Morgan fingerprint density at radius 3 is 2.30 bits per heavy atom. The number of hydrogen-bond acceptors (Lipinski definition) is 9. The number of carbonyl (C=O) groups excluding carboxylic acids is 2. The highest BCUT2D eigenvalue weighted by Gasteiger charge is 2.15. The number of non-ortho nitro benzene ring substituents is 1. The molecule has 37 heavy (non-hydrogen) atoms. The van der Waals surface area contributed by atoms with Gasteiger partial charge < -0.3 is 18.9 Å². The number of benzene rings is 3. The molecule has 0 radical (unpaired) electrons. The fraction of sp³-hybridized carbons (Fsp3) is 0.192. The van der Waals surface area contributed by atoms with Gasteiger partial charge in [-0.15, -0.1) is 0 Å². The largest absolute Gasteiger partial charge is 0.493 e. The summed E-state index contributed by atoms with van der Waals surface area (Å²) in [6.07, 6.45) is 1.51. The minimum Gasteiger partial charge on any atom is -0.493 e. The van der Waals surface area contributed by atoms with Gasteiger partial charge in [0.25, 0.3) is 5.69 Å². The minimum absolute atomic E-state index is 0.0828. The first-order valence-electron chi connectivity index (χ1n) is 11.1. The molecule has 0 aliphatic heterocycles. The van der Waals surface area contributed by atoms with E-state index in [-0.39, 0.29) is 29.3 Å². The molecule has 3 rings (SSSR count). The number of nitro benzene ring substituents is 1. The van der Waals surface area contributed by atoms with Gasteiger partial charge in [-0.25, -0.2) is 10.2 Å². The first kappa shape index (κ1) is 26.7. The topological polar surface area (TPSA) is 139 Å². The summed E-state index contributed by atoms with van der Waals surface area (Å²) in [4.78, 5) is 35.0. The summed E-state index contributed by atoms with van der Waals surface area (Å²) in [5, 5.41) is 14.8. The van der Waals surface area contributed by atoms with Crippen molar-refractivity contribution in [3.05, 3.63) is 87.5 Å². The zero-order valence-electron chi connectivity index (χ0n) is 20.4. The van der Waals surface area contributed by atoms with E-state index in [1.54, 1.807) is 37.3 Å². The van der Waals surface area contributed by atoms with Crippen molar-refractivity contribution in [1.29, 1.82) is 0 Å². The number of rotatable bonds is 11. The Morgan fingerprint density at radius 1 is 0.946 bits per heavy atom. The van der Waals surface area contributed by atoms with E-state index in [1.807, 2.05) is 0 Å². The van der Waals surface area contributed by atoms with Crippen molar-refractivity contribution >= 4 is 23.8 Å². The first-order valence-corrected chi connectivity index (χ1v) is 11.1. The molecule has 0 atom stereocenters. The van der Waals surface area contributed by atoms with Crippen molar-refractivity contribution in [3.8, 4) is 23.0 Å². The molecule has 3 aromatic carbocycles. The average molecular weight is 507 g/mol. The van der Waals surface area contributed by atoms with E-state index in [1.165, 1.54) is 50.8 Å². The van der Waals surface area contributed by atoms with Crippen molar-refractivity contribution in [3.63, 3.8) is 0 Å². The van der Waals surface area contributed by atoms with E-state index in [0.29, 0.717) is 29.4 Å². The Labute approximate surface area is 212 Å². The van der Waals surface area contributed by atoms with Crippen LogP contribution in [0.25, 0.3) is 0 Å². The summed E-state index contributed by atoms with van der Waals surface area (Å²) in [5.41, 5.74) is 3.79. The number of ether oxygens (including phenoxy) is 4. The number of hydrazone groups is 1. The summed E-state index contributed by atoms with van der Waals surface area (Å²) in [6.45, 7) is 2.09. The number of carbonyl (C=O) groups is 2. The monoisotopic (exact) mass is 507 g/mol. The van der Waals surface area contributed by atoms with Crippen molar-refractivity contribution < 1.29 is 33.5 Å². The number of esters is 1. The van der Waals surface area contributed by atoms with Crippen molar-refractivity contribution in [2.24, 2.45) is 5.10 Å². The number of nitro groups is 1. The predicted molar refractivity (Wildman–Crippen MR) is 135 cm³/mol. The summed E-state index contributed by atoms with van der Waals surface area (Å²) < 4.78 is 21.4. The van der Waals surface area contributed by atoms with Crippen LogP contribution in [0, 0.1) is 10.1 Å². The lowest BCUT2D eigenvalue weighted by Gasteiger charge is -2.11. The molecule has 0 spiro atoms. The van der Waals surface area contributed by atoms with Crippen molar-refractivity contribution in [2.75, 3.05) is 20.8 Å². The maximum atomic E-state index is 12.5. The maximum Gasteiger partial charge on any atom is 0.343 e. The zero-order chi connectivity index (χ0) is 26.8. The van der Waals surface area contributed by atoms with Crippen LogP contribution < -0.4 is 24.4 Å². The van der Waals surface area contributed by atoms with Crippen LogP contribution in [0.2, 0.25) is 0 Å². The molecular weight excluding hydrogens is 482 g/mol. The van der Waals surface area contributed by atoms with Crippen molar-refractivity contribution in [1.82, 2.24) is 5.43 Å². The van der Waals surface area contributed by atoms with Crippen LogP contribution in [0.4, 0.5) is 5.69 Å². The standard InChI is InChI=1S/C26H25N3O8/c1-4-36-24-14-18(6-12-22(24)37-26(31)19-7-9-20(10-8-19)29(32)33)16-27-28-25(30)15-17-5-11-21(34-2)23(13-17)35-3/h5-14,16H,4,15H2,1-3H3,(H,28,30)/b27-16-. The van der Waals surface area contributed by atoms with Crippen molar-refractivity contribution in [2.45, 2.75) is 13.3 Å².